The predicted octanol–water partition coefficient (Wildman–Crippen LogP) is 4.68. The van der Waals surface area contributed by atoms with Gasteiger partial charge in [-0.25, -0.2) is 9.78 Å². The molecule has 0 unspecified atom stereocenters. The average molecular weight is 462 g/mol. The number of nitrogens with zero attached hydrogens (tertiary/aromatic N) is 3. The molecule has 1 aliphatic carbocycles. The fourth-order valence-corrected chi connectivity index (χ4v) is 4.36. The predicted molar refractivity (Wildman–Crippen MR) is 130 cm³/mol. The summed E-state index contributed by atoms with van der Waals surface area (Å²) in [5.74, 6) is -0.365. The van der Waals surface area contributed by atoms with E-state index in [0.29, 0.717) is 16.5 Å². The molecule has 2 aromatic carbocycles. The lowest BCUT2D eigenvalue weighted by Crippen LogP contribution is -2.44. The van der Waals surface area contributed by atoms with Gasteiger partial charge in [0.1, 0.15) is 11.4 Å². The molecule has 4 rings (SSSR count). The van der Waals surface area contributed by atoms with E-state index in [2.05, 4.69) is 20.8 Å². The Balaban J connectivity index is 1.48. The summed E-state index contributed by atoms with van der Waals surface area (Å²) in [6.45, 7) is 4.07. The van der Waals surface area contributed by atoms with E-state index in [1.54, 1.807) is 0 Å². The number of carbonyl (C=O) groups excluding carboxylic acids is 2. The smallest absolute Gasteiger partial charge is 0.321 e. The summed E-state index contributed by atoms with van der Waals surface area (Å²) in [4.78, 5) is 29.0. The van der Waals surface area contributed by atoms with Gasteiger partial charge in [0.2, 0.25) is 11.1 Å². The molecular weight excluding hydrogens is 434 g/mol. The maximum Gasteiger partial charge on any atom is 0.321 e. The molecule has 1 aromatic heterocycles. The Bertz CT molecular complexity index is 1130. The quantitative estimate of drug-likeness (QED) is 0.517. The molecule has 1 saturated carbocycles. The summed E-state index contributed by atoms with van der Waals surface area (Å²) in [6.07, 6.45) is 4.15. The molecule has 7 nitrogen and oxygen atoms in total. The van der Waals surface area contributed by atoms with Crippen LogP contribution in [0.5, 0.6) is 0 Å². The van der Waals surface area contributed by atoms with E-state index in [0.717, 1.165) is 59.7 Å². The Morgan fingerprint density at radius 3 is 2.06 bits per heavy atom. The first-order chi connectivity index (χ1) is 16.0. The van der Waals surface area contributed by atoms with Crippen LogP contribution in [0, 0.1) is 13.8 Å². The summed E-state index contributed by atoms with van der Waals surface area (Å²) in [5.41, 5.74) is 5.55. The number of hydrogen-bond acceptors (Lipinski definition) is 6. The monoisotopic (exact) mass is 461 g/mol. The topological polar surface area (TPSA) is 96.9 Å². The van der Waals surface area contributed by atoms with Gasteiger partial charge in [-0.15, -0.1) is 10.2 Å². The van der Waals surface area contributed by atoms with E-state index in [-0.39, 0.29) is 11.8 Å². The highest BCUT2D eigenvalue weighted by molar-refractivity contribution is 7.99. The van der Waals surface area contributed by atoms with Crippen LogP contribution in [0.4, 0.5) is 4.79 Å². The van der Waals surface area contributed by atoms with Crippen LogP contribution in [-0.2, 0) is 4.79 Å². The first kappa shape index (κ1) is 22.9. The average Bonchev–Trinajstić information content (AvgIpc) is 3.31. The van der Waals surface area contributed by atoms with Crippen LogP contribution in [-0.4, -0.2) is 38.9 Å². The van der Waals surface area contributed by atoms with Crippen LogP contribution in [0.15, 0.2) is 53.7 Å². The van der Waals surface area contributed by atoms with Gasteiger partial charge in [0.25, 0.3) is 0 Å². The number of rotatable bonds is 6. The minimum Gasteiger partial charge on any atom is -0.335 e. The Hall–Kier alpha value is -3.26. The molecule has 0 saturated heterocycles. The van der Waals surface area contributed by atoms with Crippen LogP contribution in [0.3, 0.4) is 0 Å². The van der Waals surface area contributed by atoms with E-state index >= 15 is 0 Å². The number of hydrogen-bond donors (Lipinski definition) is 2. The van der Waals surface area contributed by atoms with Gasteiger partial charge in [0, 0.05) is 17.2 Å². The van der Waals surface area contributed by atoms with Gasteiger partial charge in [-0.2, -0.15) is 0 Å². The maximum atomic E-state index is 12.2. The van der Waals surface area contributed by atoms with Crippen molar-refractivity contribution < 1.29 is 9.59 Å². The van der Waals surface area contributed by atoms with E-state index in [1.165, 1.54) is 0 Å². The van der Waals surface area contributed by atoms with Crippen molar-refractivity contribution in [2.24, 2.45) is 0 Å². The Kier molecular flexibility index (Phi) is 7.34. The Morgan fingerprint density at radius 1 is 0.879 bits per heavy atom. The molecule has 1 fully saturated rings. The van der Waals surface area contributed by atoms with Crippen molar-refractivity contribution in [3.05, 3.63) is 59.7 Å². The molecule has 3 amide bonds. The van der Waals surface area contributed by atoms with Gasteiger partial charge in [0.15, 0.2) is 0 Å². The van der Waals surface area contributed by atoms with Gasteiger partial charge >= 0.3 is 6.03 Å². The van der Waals surface area contributed by atoms with Crippen molar-refractivity contribution in [1.29, 1.82) is 0 Å². The van der Waals surface area contributed by atoms with Crippen molar-refractivity contribution in [2.45, 2.75) is 50.7 Å². The molecule has 1 aliphatic rings. The number of urea groups is 1. The van der Waals surface area contributed by atoms with Gasteiger partial charge in [-0.3, -0.25) is 10.1 Å². The molecule has 0 spiro atoms. The number of aromatic nitrogens is 3. The molecule has 2 N–H and O–H groups in total. The van der Waals surface area contributed by atoms with Crippen molar-refractivity contribution >= 4 is 23.7 Å². The highest BCUT2D eigenvalue weighted by Gasteiger charge is 2.19. The number of amides is 3. The van der Waals surface area contributed by atoms with Crippen molar-refractivity contribution in [3.63, 3.8) is 0 Å². The lowest BCUT2D eigenvalue weighted by atomic mass is 10.0. The summed E-state index contributed by atoms with van der Waals surface area (Å²) >= 11 is 1.15. The number of nitrogens with one attached hydrogen (secondary N) is 2. The standard InChI is InChI=1S/C25H27N5O2S/c1-16-7-11-18(12-8-16)22-23(19-13-9-17(2)10-14-19)29-30-25(28-22)33-15-21(31)27-24(32)26-20-5-3-4-6-20/h7-14,20H,3-6,15H2,1-2H3,(H2,26,27,31,32). The number of aryl methyl sites for hydroxylation is 2. The number of thioether (sulfide) groups is 1. The van der Waals surface area contributed by atoms with Crippen molar-refractivity contribution in [1.82, 2.24) is 25.8 Å². The minimum absolute atomic E-state index is 0.0248. The number of carbonyl (C=O) groups is 2. The molecule has 170 valence electrons. The largest absolute Gasteiger partial charge is 0.335 e. The number of benzene rings is 2. The highest BCUT2D eigenvalue weighted by atomic mass is 32.2. The fourth-order valence-electron chi connectivity index (χ4n) is 3.78. The molecule has 1 heterocycles. The third-order valence-electron chi connectivity index (χ3n) is 5.59. The minimum atomic E-state index is -0.443. The van der Waals surface area contributed by atoms with Crippen molar-refractivity contribution in [2.75, 3.05) is 5.75 Å². The second-order valence-corrected chi connectivity index (χ2v) is 9.26. The lowest BCUT2D eigenvalue weighted by Gasteiger charge is -2.12. The van der Waals surface area contributed by atoms with Gasteiger partial charge in [-0.1, -0.05) is 84.3 Å². The van der Waals surface area contributed by atoms with Crippen LogP contribution in [0.2, 0.25) is 0 Å². The molecule has 0 aliphatic heterocycles. The Labute approximate surface area is 197 Å². The zero-order chi connectivity index (χ0) is 23.2. The second kappa shape index (κ2) is 10.6. The second-order valence-electron chi connectivity index (χ2n) is 8.32. The maximum absolute atomic E-state index is 12.2. The zero-order valence-electron chi connectivity index (χ0n) is 18.8. The van der Waals surface area contributed by atoms with Crippen LogP contribution < -0.4 is 10.6 Å². The summed E-state index contributed by atoms with van der Waals surface area (Å²) in [7, 11) is 0. The molecule has 3 aromatic rings. The third kappa shape index (κ3) is 6.16. The number of imide groups is 1. The summed E-state index contributed by atoms with van der Waals surface area (Å²) < 4.78 is 0. The van der Waals surface area contributed by atoms with Crippen LogP contribution in [0.1, 0.15) is 36.8 Å². The van der Waals surface area contributed by atoms with Gasteiger partial charge in [0.05, 0.1) is 5.75 Å². The molecular formula is C25H27N5O2S. The SMILES string of the molecule is Cc1ccc(-c2nnc(SCC(=O)NC(=O)NC3CCCC3)nc2-c2ccc(C)cc2)cc1. The molecule has 0 atom stereocenters. The zero-order valence-corrected chi connectivity index (χ0v) is 19.6. The molecule has 33 heavy (non-hydrogen) atoms. The Morgan fingerprint density at radius 2 is 1.45 bits per heavy atom. The van der Waals surface area contributed by atoms with Gasteiger partial charge < -0.3 is 5.32 Å². The normalized spacial score (nSPS) is 13.6. The lowest BCUT2D eigenvalue weighted by molar-refractivity contribution is -0.117. The fraction of sp³-hybridized carbons (Fsp3) is 0.320. The first-order valence-electron chi connectivity index (χ1n) is 11.1. The molecule has 0 radical (unpaired) electrons. The molecule has 8 heteroatoms. The highest BCUT2D eigenvalue weighted by Crippen LogP contribution is 2.30. The van der Waals surface area contributed by atoms with Crippen molar-refractivity contribution in [3.8, 4) is 22.5 Å². The van der Waals surface area contributed by atoms with E-state index < -0.39 is 11.9 Å². The van der Waals surface area contributed by atoms with Gasteiger partial charge in [-0.05, 0) is 26.7 Å². The van der Waals surface area contributed by atoms with E-state index in [1.807, 2.05) is 62.4 Å². The first-order valence-corrected chi connectivity index (χ1v) is 12.1. The summed E-state index contributed by atoms with van der Waals surface area (Å²) in [6, 6.07) is 15.8. The van der Waals surface area contributed by atoms with Crippen LogP contribution >= 0.6 is 11.8 Å². The van der Waals surface area contributed by atoms with E-state index in [4.69, 9.17) is 4.98 Å². The molecule has 0 bridgehead atoms. The van der Waals surface area contributed by atoms with E-state index in [9.17, 15) is 9.59 Å². The third-order valence-corrected chi connectivity index (χ3v) is 6.43. The van der Waals surface area contributed by atoms with Crippen LogP contribution in [0.25, 0.3) is 22.5 Å². The summed E-state index contributed by atoms with van der Waals surface area (Å²) in [5, 5.41) is 14.3.